The van der Waals surface area contributed by atoms with Gasteiger partial charge in [0.1, 0.15) is 0 Å². The average Bonchev–Trinajstić information content (AvgIpc) is 2.96. The fourth-order valence-corrected chi connectivity index (χ4v) is 4.81. The lowest BCUT2D eigenvalue weighted by Gasteiger charge is -2.32. The number of aromatic nitrogens is 1. The normalized spacial score (nSPS) is 15.3. The number of benzene rings is 3. The van der Waals surface area contributed by atoms with Gasteiger partial charge in [-0.2, -0.15) is 0 Å². The Labute approximate surface area is 216 Å². The SMILES string of the molecule is COc1ccc(-c2cc(C(=O)N3CCCC(C(=O)Nc4ccccc4)C3)c3ccccc3n2)cc1OC. The topological polar surface area (TPSA) is 80.8 Å². The van der Waals surface area contributed by atoms with E-state index in [1.807, 2.05) is 78.9 Å². The molecule has 0 radical (unpaired) electrons. The molecule has 37 heavy (non-hydrogen) atoms. The molecule has 0 aliphatic carbocycles. The van der Waals surface area contributed by atoms with Gasteiger partial charge in [0.15, 0.2) is 11.5 Å². The number of methoxy groups -OCH3 is 2. The second kappa shape index (κ2) is 10.7. The molecule has 1 atom stereocenters. The van der Waals surface area contributed by atoms with Gasteiger partial charge in [0.05, 0.1) is 36.9 Å². The van der Waals surface area contributed by atoms with E-state index in [0.717, 1.165) is 35.0 Å². The minimum atomic E-state index is -0.267. The first kappa shape index (κ1) is 24.3. The maximum atomic E-state index is 13.9. The van der Waals surface area contributed by atoms with Crippen LogP contribution in [0, 0.1) is 5.92 Å². The van der Waals surface area contributed by atoms with Gasteiger partial charge >= 0.3 is 0 Å². The molecule has 2 heterocycles. The maximum Gasteiger partial charge on any atom is 0.254 e. The van der Waals surface area contributed by atoms with Crippen LogP contribution in [0.25, 0.3) is 22.2 Å². The van der Waals surface area contributed by atoms with Crippen molar-refractivity contribution >= 4 is 28.4 Å². The van der Waals surface area contributed by atoms with E-state index in [-0.39, 0.29) is 17.7 Å². The summed E-state index contributed by atoms with van der Waals surface area (Å²) in [4.78, 5) is 33.4. The number of anilines is 1. The van der Waals surface area contributed by atoms with E-state index in [2.05, 4.69) is 5.32 Å². The third-order valence-corrected chi connectivity index (χ3v) is 6.75. The average molecular weight is 496 g/mol. The molecule has 7 heteroatoms. The summed E-state index contributed by atoms with van der Waals surface area (Å²) in [5, 5.41) is 3.77. The lowest BCUT2D eigenvalue weighted by molar-refractivity contribution is -0.121. The molecule has 0 bridgehead atoms. The van der Waals surface area contributed by atoms with E-state index in [9.17, 15) is 9.59 Å². The molecule has 1 aromatic heterocycles. The molecule has 3 aromatic carbocycles. The Hall–Kier alpha value is -4.39. The van der Waals surface area contributed by atoms with Crippen LogP contribution in [0.15, 0.2) is 78.9 Å². The van der Waals surface area contributed by atoms with Crippen LogP contribution in [-0.2, 0) is 4.79 Å². The molecule has 5 rings (SSSR count). The summed E-state index contributed by atoms with van der Waals surface area (Å²) < 4.78 is 10.8. The standard InChI is InChI=1S/C30H29N3O4/c1-36-27-15-14-20(17-28(27)37-2)26-18-24(23-12-6-7-13-25(23)32-26)30(35)33-16-8-9-21(19-33)29(34)31-22-10-4-3-5-11-22/h3-7,10-15,17-18,21H,8-9,16,19H2,1-2H3,(H,31,34). The summed E-state index contributed by atoms with van der Waals surface area (Å²) in [5.74, 6) is 0.783. The van der Waals surface area contributed by atoms with E-state index < -0.39 is 0 Å². The predicted octanol–water partition coefficient (Wildman–Crippen LogP) is 5.41. The van der Waals surface area contributed by atoms with Gasteiger partial charge in [0, 0.05) is 29.7 Å². The Balaban J connectivity index is 1.45. The number of hydrogen-bond donors (Lipinski definition) is 1. The number of piperidine rings is 1. The first-order valence-electron chi connectivity index (χ1n) is 12.3. The first-order chi connectivity index (χ1) is 18.1. The molecule has 188 valence electrons. The second-order valence-corrected chi connectivity index (χ2v) is 9.09. The number of para-hydroxylation sites is 2. The third-order valence-electron chi connectivity index (χ3n) is 6.75. The first-order valence-corrected chi connectivity index (χ1v) is 12.3. The zero-order valence-electron chi connectivity index (χ0n) is 20.9. The molecule has 1 N–H and O–H groups in total. The number of fused-ring (bicyclic) bond motifs is 1. The highest BCUT2D eigenvalue weighted by atomic mass is 16.5. The number of nitrogens with zero attached hydrogens (tertiary/aromatic N) is 2. The molecule has 1 fully saturated rings. The van der Waals surface area contributed by atoms with E-state index in [0.29, 0.717) is 35.8 Å². The monoisotopic (exact) mass is 495 g/mol. The summed E-state index contributed by atoms with van der Waals surface area (Å²) in [6.07, 6.45) is 1.51. The smallest absolute Gasteiger partial charge is 0.254 e. The van der Waals surface area contributed by atoms with Crippen LogP contribution in [0.5, 0.6) is 11.5 Å². The zero-order chi connectivity index (χ0) is 25.8. The Kier molecular flexibility index (Phi) is 7.03. The van der Waals surface area contributed by atoms with Gasteiger partial charge in [-0.05, 0) is 55.3 Å². The number of hydrogen-bond acceptors (Lipinski definition) is 5. The third kappa shape index (κ3) is 5.11. The largest absolute Gasteiger partial charge is 0.493 e. The van der Waals surface area contributed by atoms with Gasteiger partial charge in [-0.3, -0.25) is 9.59 Å². The van der Waals surface area contributed by atoms with Crippen LogP contribution >= 0.6 is 0 Å². The van der Waals surface area contributed by atoms with Crippen LogP contribution in [0.2, 0.25) is 0 Å². The van der Waals surface area contributed by atoms with Crippen LogP contribution in [0.3, 0.4) is 0 Å². The lowest BCUT2D eigenvalue weighted by Crippen LogP contribution is -2.43. The minimum Gasteiger partial charge on any atom is -0.493 e. The number of carbonyl (C=O) groups is 2. The van der Waals surface area contributed by atoms with Crippen molar-refractivity contribution in [2.24, 2.45) is 5.92 Å². The van der Waals surface area contributed by atoms with E-state index >= 15 is 0 Å². The van der Waals surface area contributed by atoms with Gasteiger partial charge in [-0.1, -0.05) is 36.4 Å². The number of nitrogens with one attached hydrogen (secondary N) is 1. The molecule has 0 spiro atoms. The summed E-state index contributed by atoms with van der Waals surface area (Å²) in [6.45, 7) is 0.982. The highest BCUT2D eigenvalue weighted by Crippen LogP contribution is 2.33. The van der Waals surface area contributed by atoms with E-state index in [4.69, 9.17) is 14.5 Å². The molecular weight excluding hydrogens is 466 g/mol. The number of likely N-dealkylation sites (tertiary alicyclic amines) is 1. The van der Waals surface area contributed by atoms with E-state index in [1.165, 1.54) is 0 Å². The molecule has 0 saturated carbocycles. The van der Waals surface area contributed by atoms with Crippen LogP contribution < -0.4 is 14.8 Å². The lowest BCUT2D eigenvalue weighted by atomic mass is 9.95. The molecule has 4 aromatic rings. The predicted molar refractivity (Wildman–Crippen MR) is 144 cm³/mol. The molecule has 2 amide bonds. The van der Waals surface area contributed by atoms with Crippen molar-refractivity contribution in [3.63, 3.8) is 0 Å². The van der Waals surface area contributed by atoms with Crippen molar-refractivity contribution in [1.82, 2.24) is 9.88 Å². The van der Waals surface area contributed by atoms with Crippen molar-refractivity contribution < 1.29 is 19.1 Å². The summed E-state index contributed by atoms with van der Waals surface area (Å²) >= 11 is 0. The molecule has 1 aliphatic rings. The second-order valence-electron chi connectivity index (χ2n) is 9.09. The highest BCUT2D eigenvalue weighted by molar-refractivity contribution is 6.07. The molecule has 1 unspecified atom stereocenters. The molecule has 1 saturated heterocycles. The Morgan fingerprint density at radius 3 is 2.46 bits per heavy atom. The van der Waals surface area contributed by atoms with Crippen molar-refractivity contribution in [1.29, 1.82) is 0 Å². The van der Waals surface area contributed by atoms with Crippen molar-refractivity contribution in [2.45, 2.75) is 12.8 Å². The zero-order valence-corrected chi connectivity index (χ0v) is 20.9. The number of ether oxygens (including phenoxy) is 2. The summed E-state index contributed by atoms with van der Waals surface area (Å²) in [7, 11) is 3.18. The van der Waals surface area contributed by atoms with Gasteiger partial charge in [-0.15, -0.1) is 0 Å². The Morgan fingerprint density at radius 2 is 1.68 bits per heavy atom. The van der Waals surface area contributed by atoms with E-state index in [1.54, 1.807) is 19.1 Å². The fourth-order valence-electron chi connectivity index (χ4n) is 4.81. The maximum absolute atomic E-state index is 13.9. The molecular formula is C30H29N3O4. The van der Waals surface area contributed by atoms with Crippen LogP contribution in [-0.4, -0.2) is 49.0 Å². The quantitative estimate of drug-likeness (QED) is 0.387. The van der Waals surface area contributed by atoms with Gasteiger partial charge in [0.2, 0.25) is 5.91 Å². The van der Waals surface area contributed by atoms with Gasteiger partial charge < -0.3 is 19.7 Å². The van der Waals surface area contributed by atoms with Crippen molar-refractivity contribution in [3.8, 4) is 22.8 Å². The van der Waals surface area contributed by atoms with Crippen molar-refractivity contribution in [2.75, 3.05) is 32.6 Å². The van der Waals surface area contributed by atoms with Crippen LogP contribution in [0.1, 0.15) is 23.2 Å². The highest BCUT2D eigenvalue weighted by Gasteiger charge is 2.30. The fraction of sp³-hybridized carbons (Fsp3) is 0.233. The minimum absolute atomic E-state index is 0.0608. The Morgan fingerprint density at radius 1 is 0.919 bits per heavy atom. The number of carbonyl (C=O) groups excluding carboxylic acids is 2. The van der Waals surface area contributed by atoms with Gasteiger partial charge in [-0.25, -0.2) is 4.98 Å². The Bertz CT molecular complexity index is 1440. The van der Waals surface area contributed by atoms with Crippen molar-refractivity contribution in [3.05, 3.63) is 84.4 Å². The van der Waals surface area contributed by atoms with Gasteiger partial charge in [0.25, 0.3) is 5.91 Å². The number of amides is 2. The molecule has 7 nitrogen and oxygen atoms in total. The summed E-state index contributed by atoms with van der Waals surface area (Å²) in [5.41, 5.74) is 3.54. The number of pyridine rings is 1. The molecule has 1 aliphatic heterocycles. The van der Waals surface area contributed by atoms with Crippen LogP contribution in [0.4, 0.5) is 5.69 Å². The summed E-state index contributed by atoms with van der Waals surface area (Å²) in [6, 6.07) is 24.5. The number of rotatable bonds is 6.